The quantitative estimate of drug-likeness (QED) is 0.604. The summed E-state index contributed by atoms with van der Waals surface area (Å²) in [6.45, 7) is 1.78. The number of halogens is 2. The molecule has 1 heterocycles. The summed E-state index contributed by atoms with van der Waals surface area (Å²) < 4.78 is 10.6. The van der Waals surface area contributed by atoms with Gasteiger partial charge in [-0.25, -0.2) is 9.59 Å². The Labute approximate surface area is 198 Å². The number of methoxy groups -OCH3 is 2. The Bertz CT molecular complexity index is 1180. The van der Waals surface area contributed by atoms with Gasteiger partial charge in [-0.15, -0.1) is 0 Å². The number of carbonyl (C=O) groups excluding carboxylic acids is 2. The molecular weight excluding hydrogens is 498 g/mol. The fraction of sp³-hybridized carbons (Fsp3) is 0.174. The third kappa shape index (κ3) is 3.97. The van der Waals surface area contributed by atoms with Crippen LogP contribution in [0.15, 0.2) is 69.6 Å². The molecule has 2 aromatic carbocycles. The van der Waals surface area contributed by atoms with Crippen molar-refractivity contribution in [1.82, 2.24) is 0 Å². The summed E-state index contributed by atoms with van der Waals surface area (Å²) in [5.74, 6) is -2.52. The van der Waals surface area contributed by atoms with E-state index < -0.39 is 17.9 Å². The Hall–Kier alpha value is -3.28. The summed E-state index contributed by atoms with van der Waals surface area (Å²) in [6.07, 6.45) is 0. The molecule has 0 aromatic heterocycles. The van der Waals surface area contributed by atoms with Crippen LogP contribution in [0, 0.1) is 18.3 Å². The van der Waals surface area contributed by atoms with Crippen molar-refractivity contribution < 1.29 is 19.1 Å². The van der Waals surface area contributed by atoms with Gasteiger partial charge in [0.1, 0.15) is 11.5 Å². The van der Waals surface area contributed by atoms with Gasteiger partial charge in [0.05, 0.1) is 42.4 Å². The first-order valence-corrected chi connectivity index (χ1v) is 10.5. The van der Waals surface area contributed by atoms with Crippen LogP contribution in [0.25, 0.3) is 0 Å². The van der Waals surface area contributed by atoms with E-state index in [9.17, 15) is 14.9 Å². The molecular formula is C23H19BrClN3O4. The maximum absolute atomic E-state index is 13.0. The van der Waals surface area contributed by atoms with E-state index in [0.29, 0.717) is 26.3 Å². The maximum atomic E-state index is 13.0. The molecule has 2 aromatic rings. The van der Waals surface area contributed by atoms with E-state index in [0.717, 1.165) is 0 Å². The van der Waals surface area contributed by atoms with Gasteiger partial charge in [0, 0.05) is 10.2 Å². The lowest BCUT2D eigenvalue weighted by Gasteiger charge is -2.36. The molecule has 0 amide bonds. The van der Waals surface area contributed by atoms with E-state index in [1.54, 1.807) is 49.4 Å². The second-order valence-electron chi connectivity index (χ2n) is 6.89. The van der Waals surface area contributed by atoms with E-state index in [2.05, 4.69) is 22.0 Å². The van der Waals surface area contributed by atoms with Gasteiger partial charge in [0.15, 0.2) is 0 Å². The molecule has 1 atom stereocenters. The Morgan fingerprint density at radius 1 is 1.16 bits per heavy atom. The molecule has 3 rings (SSSR count). The fourth-order valence-electron chi connectivity index (χ4n) is 3.62. The summed E-state index contributed by atoms with van der Waals surface area (Å²) in [4.78, 5) is 27.3. The molecule has 0 saturated carbocycles. The van der Waals surface area contributed by atoms with Gasteiger partial charge in [0.2, 0.25) is 0 Å². The average Bonchev–Trinajstić information content (AvgIpc) is 2.80. The number of nitriles is 1. The van der Waals surface area contributed by atoms with Gasteiger partial charge in [-0.3, -0.25) is 4.90 Å². The minimum atomic E-state index is -0.921. The highest BCUT2D eigenvalue weighted by molar-refractivity contribution is 9.10. The molecule has 2 N–H and O–H groups in total. The number of ether oxygens (including phenoxy) is 2. The fourth-order valence-corrected chi connectivity index (χ4v) is 4.28. The number of nitrogens with two attached hydrogens (primary N) is 1. The number of esters is 2. The number of allylic oxidation sites excluding steroid dienone is 1. The number of nitrogens with zero attached hydrogens (tertiary/aromatic N) is 2. The van der Waals surface area contributed by atoms with Crippen LogP contribution in [-0.2, 0) is 19.1 Å². The van der Waals surface area contributed by atoms with Gasteiger partial charge < -0.3 is 15.2 Å². The van der Waals surface area contributed by atoms with Crippen LogP contribution in [0.2, 0.25) is 5.02 Å². The largest absolute Gasteiger partial charge is 0.466 e. The van der Waals surface area contributed by atoms with Gasteiger partial charge in [0.25, 0.3) is 0 Å². The third-order valence-corrected chi connectivity index (χ3v) is 6.42. The Morgan fingerprint density at radius 3 is 2.31 bits per heavy atom. The molecule has 9 heteroatoms. The maximum Gasteiger partial charge on any atom is 0.355 e. The molecule has 0 radical (unpaired) electrons. The van der Waals surface area contributed by atoms with Crippen LogP contribution in [-0.4, -0.2) is 26.2 Å². The lowest BCUT2D eigenvalue weighted by Crippen LogP contribution is -2.40. The monoisotopic (exact) mass is 515 g/mol. The second-order valence-corrected chi connectivity index (χ2v) is 8.13. The highest BCUT2D eigenvalue weighted by atomic mass is 79.9. The molecule has 164 valence electrons. The zero-order valence-corrected chi connectivity index (χ0v) is 19.8. The molecule has 32 heavy (non-hydrogen) atoms. The standard InChI is InChI=1S/C23H19BrClN3O4/c1-12-9-14(10-16(24)19(12)25)28-20(23(30)32-3)18(22(29)31-2)17(15(11-26)21(28)27)13-7-5-4-6-8-13/h4-10,17H,27H2,1-3H3. The molecule has 7 nitrogen and oxygen atoms in total. The molecule has 0 fully saturated rings. The molecule has 0 spiro atoms. The molecule has 1 aliphatic rings. The van der Waals surface area contributed by atoms with Gasteiger partial charge in [-0.1, -0.05) is 41.9 Å². The van der Waals surface area contributed by atoms with E-state index in [4.69, 9.17) is 26.8 Å². The number of aryl methyl sites for hydroxylation is 1. The zero-order valence-electron chi connectivity index (χ0n) is 17.5. The van der Waals surface area contributed by atoms with Crippen molar-refractivity contribution in [3.8, 4) is 6.07 Å². The first kappa shape index (κ1) is 23.4. The molecule has 0 aliphatic carbocycles. The topological polar surface area (TPSA) is 106 Å². The van der Waals surface area contributed by atoms with Crippen molar-refractivity contribution in [2.75, 3.05) is 19.1 Å². The molecule has 0 saturated heterocycles. The van der Waals surface area contributed by atoms with Crippen molar-refractivity contribution in [1.29, 1.82) is 5.26 Å². The van der Waals surface area contributed by atoms with E-state index in [1.165, 1.54) is 19.1 Å². The summed E-state index contributed by atoms with van der Waals surface area (Å²) in [5, 5.41) is 10.5. The van der Waals surface area contributed by atoms with Crippen molar-refractivity contribution in [2.45, 2.75) is 12.8 Å². The number of hydrogen-bond donors (Lipinski definition) is 1. The minimum absolute atomic E-state index is 0.0111. The van der Waals surface area contributed by atoms with Crippen molar-refractivity contribution in [3.63, 3.8) is 0 Å². The second kappa shape index (κ2) is 9.47. The van der Waals surface area contributed by atoms with Crippen LogP contribution in [0.4, 0.5) is 5.69 Å². The number of anilines is 1. The van der Waals surface area contributed by atoms with Crippen molar-refractivity contribution in [2.24, 2.45) is 5.73 Å². The number of benzene rings is 2. The van der Waals surface area contributed by atoms with Gasteiger partial charge in [-0.2, -0.15) is 5.26 Å². The number of hydrogen-bond acceptors (Lipinski definition) is 7. The van der Waals surface area contributed by atoms with Crippen LogP contribution in [0.3, 0.4) is 0 Å². The highest BCUT2D eigenvalue weighted by Crippen LogP contribution is 2.44. The van der Waals surface area contributed by atoms with Gasteiger partial charge >= 0.3 is 11.9 Å². The van der Waals surface area contributed by atoms with Crippen molar-refractivity contribution in [3.05, 3.63) is 85.8 Å². The van der Waals surface area contributed by atoms with Crippen LogP contribution < -0.4 is 10.6 Å². The summed E-state index contributed by atoms with van der Waals surface area (Å²) in [6, 6.07) is 14.2. The van der Waals surface area contributed by atoms with Crippen molar-refractivity contribution >= 4 is 45.2 Å². The lowest BCUT2D eigenvalue weighted by atomic mass is 9.81. The van der Waals surface area contributed by atoms with E-state index >= 15 is 0 Å². The SMILES string of the molecule is COC(=O)C1=C(C(=O)OC)N(c2cc(C)c(Cl)c(Br)c2)C(N)=C(C#N)C1c1ccccc1. The Kier molecular flexibility index (Phi) is 6.92. The Balaban J connectivity index is 2.44. The molecule has 1 aliphatic heterocycles. The number of rotatable bonds is 4. The highest BCUT2D eigenvalue weighted by Gasteiger charge is 2.43. The first-order chi connectivity index (χ1) is 15.3. The smallest absolute Gasteiger partial charge is 0.355 e. The minimum Gasteiger partial charge on any atom is -0.466 e. The van der Waals surface area contributed by atoms with Crippen LogP contribution in [0.1, 0.15) is 17.0 Å². The predicted molar refractivity (Wildman–Crippen MR) is 123 cm³/mol. The number of carbonyl (C=O) groups is 2. The van der Waals surface area contributed by atoms with Crippen LogP contribution in [0.5, 0.6) is 0 Å². The first-order valence-electron chi connectivity index (χ1n) is 9.38. The Morgan fingerprint density at radius 2 is 1.78 bits per heavy atom. The third-order valence-electron chi connectivity index (χ3n) is 5.06. The summed E-state index contributed by atoms with van der Waals surface area (Å²) >= 11 is 9.66. The van der Waals surface area contributed by atoms with Crippen LogP contribution >= 0.6 is 27.5 Å². The molecule has 0 bridgehead atoms. The van der Waals surface area contributed by atoms with E-state index in [1.807, 2.05) is 0 Å². The van der Waals surface area contributed by atoms with E-state index in [-0.39, 0.29) is 22.7 Å². The average molecular weight is 517 g/mol. The summed E-state index contributed by atoms with van der Waals surface area (Å²) in [7, 11) is 2.40. The summed E-state index contributed by atoms with van der Waals surface area (Å²) in [5.41, 5.74) is 8.06. The lowest BCUT2D eigenvalue weighted by molar-refractivity contribution is -0.139. The predicted octanol–water partition coefficient (Wildman–Crippen LogP) is 4.31. The van der Waals surface area contributed by atoms with Gasteiger partial charge in [-0.05, 0) is 46.1 Å². The normalized spacial score (nSPS) is 16.0. The zero-order chi connectivity index (χ0) is 23.6. The molecule has 1 unspecified atom stereocenters.